The smallest absolute Gasteiger partial charge is 0.163 e. The molecule has 0 saturated carbocycles. The van der Waals surface area contributed by atoms with E-state index in [1.165, 1.54) is 37.1 Å². The van der Waals surface area contributed by atoms with Gasteiger partial charge in [-0.1, -0.05) is 60.7 Å². The molecule has 2 aromatic carbocycles. The zero-order chi connectivity index (χ0) is 28.2. The monoisotopic (exact) mass is 714 g/mol. The minimum atomic E-state index is -1.16. The van der Waals surface area contributed by atoms with Crippen molar-refractivity contribution >= 4 is 89.9 Å². The minimum absolute atomic E-state index is 0.355. The van der Waals surface area contributed by atoms with Crippen molar-refractivity contribution in [2.75, 3.05) is 4.31 Å². The largest absolute Gasteiger partial charge is 0.506 e. The molecule has 0 radical (unpaired) electrons. The second kappa shape index (κ2) is 13.4. The molecule has 4 aromatic heterocycles. The van der Waals surface area contributed by atoms with Crippen LogP contribution < -0.4 is 9.03 Å². The lowest BCUT2D eigenvalue weighted by Gasteiger charge is -2.28. The summed E-state index contributed by atoms with van der Waals surface area (Å²) in [5.41, 5.74) is 5.82. The van der Waals surface area contributed by atoms with Gasteiger partial charge in [-0.15, -0.1) is 45.3 Å². The Morgan fingerprint density at radius 2 is 1.66 bits per heavy atom. The summed E-state index contributed by atoms with van der Waals surface area (Å²) in [6, 6.07) is 28.4. The van der Waals surface area contributed by atoms with E-state index < -0.39 is 11.0 Å². The molecule has 4 nitrogen and oxygen atoms in total. The molecule has 1 unspecified atom stereocenters. The van der Waals surface area contributed by atoms with Crippen molar-refractivity contribution in [1.82, 2.24) is 4.72 Å². The number of thiophene rings is 4. The van der Waals surface area contributed by atoms with Crippen LogP contribution in [0.15, 0.2) is 113 Å². The van der Waals surface area contributed by atoms with E-state index in [4.69, 9.17) is 0 Å². The summed E-state index contributed by atoms with van der Waals surface area (Å²) in [6.07, 6.45) is 0. The number of halogens is 1. The average Bonchev–Trinajstić information content (AvgIpc) is 3.81. The summed E-state index contributed by atoms with van der Waals surface area (Å²) < 4.78 is 21.5. The van der Waals surface area contributed by atoms with Crippen LogP contribution in [-0.2, 0) is 24.1 Å². The Morgan fingerprint density at radius 3 is 2.41 bits per heavy atom. The molecule has 41 heavy (non-hydrogen) atoms. The molecule has 0 saturated heterocycles. The highest BCUT2D eigenvalue weighted by Gasteiger charge is 2.28. The van der Waals surface area contributed by atoms with Gasteiger partial charge in [0.15, 0.2) is 11.0 Å². The van der Waals surface area contributed by atoms with Crippen molar-refractivity contribution in [2.24, 2.45) is 0 Å². The van der Waals surface area contributed by atoms with Crippen LogP contribution in [0.25, 0.3) is 20.9 Å². The summed E-state index contributed by atoms with van der Waals surface area (Å²) in [4.78, 5) is 2.12. The maximum atomic E-state index is 12.9. The fourth-order valence-electron chi connectivity index (χ4n) is 4.38. The van der Waals surface area contributed by atoms with Crippen molar-refractivity contribution in [2.45, 2.75) is 21.5 Å². The average molecular weight is 716 g/mol. The molecule has 0 aliphatic carbocycles. The number of aromatic hydroxyl groups is 1. The molecule has 1 aliphatic heterocycles. The molecule has 5 heterocycles. The second-order valence-electron chi connectivity index (χ2n) is 8.79. The van der Waals surface area contributed by atoms with Gasteiger partial charge >= 0.3 is 0 Å². The number of nitrogens with zero attached hydrogens (tertiary/aromatic N) is 1. The van der Waals surface area contributed by atoms with Crippen molar-refractivity contribution in [3.8, 4) is 26.6 Å². The summed E-state index contributed by atoms with van der Waals surface area (Å²) in [5.74, 6) is 0.355. The number of hydrogen-bond acceptors (Lipinski definition) is 8. The van der Waals surface area contributed by atoms with Crippen molar-refractivity contribution in [3.63, 3.8) is 0 Å². The van der Waals surface area contributed by atoms with Crippen LogP contribution in [0.5, 0.6) is 5.75 Å². The van der Waals surface area contributed by atoms with Gasteiger partial charge in [0.25, 0.3) is 0 Å². The highest BCUT2D eigenvalue weighted by atomic mass is 79.9. The Morgan fingerprint density at radius 1 is 0.878 bits per heavy atom. The molecule has 6 aromatic rings. The van der Waals surface area contributed by atoms with Crippen LogP contribution in [0.2, 0.25) is 0 Å². The van der Waals surface area contributed by atoms with E-state index in [-0.39, 0.29) is 0 Å². The van der Waals surface area contributed by atoms with Crippen LogP contribution in [0, 0.1) is 0 Å². The maximum Gasteiger partial charge on any atom is 0.163 e. The topological polar surface area (TPSA) is 52.6 Å². The number of anilines is 1. The molecule has 0 spiro atoms. The molecular weight excluding hydrogens is 693 g/mol. The van der Waals surface area contributed by atoms with Crippen LogP contribution in [-0.4, -0.2) is 9.32 Å². The zero-order valence-electron chi connectivity index (χ0n) is 21.4. The number of nitrogens with one attached hydrogen (secondary N) is 1. The van der Waals surface area contributed by atoms with E-state index in [1.807, 2.05) is 51.5 Å². The second-order valence-corrected chi connectivity index (χ2v) is 16.9. The van der Waals surface area contributed by atoms with Crippen LogP contribution in [0.4, 0.5) is 5.69 Å². The predicted octanol–water partition coefficient (Wildman–Crippen LogP) is 10.3. The minimum Gasteiger partial charge on any atom is -0.506 e. The quantitative estimate of drug-likeness (QED) is 0.162. The summed E-state index contributed by atoms with van der Waals surface area (Å²) in [5, 5.41) is 15.8. The third kappa shape index (κ3) is 6.57. The lowest BCUT2D eigenvalue weighted by atomic mass is 10.0. The molecule has 11 heteroatoms. The first-order valence-corrected chi connectivity index (χ1v) is 18.6. The molecule has 2 N–H and O–H groups in total. The van der Waals surface area contributed by atoms with Crippen molar-refractivity contribution < 1.29 is 9.32 Å². The Hall–Kier alpha value is -2.22. The van der Waals surface area contributed by atoms with E-state index in [1.54, 1.807) is 52.0 Å². The Labute approximate surface area is 270 Å². The standard InChI is InChI=1S/C15H10BrNOS3.C15H13NOS3/c16-13-8-12-15(20-13)11-5-2-1-4-10(11)9-17(12)21(18)14-6-3-7-19-14;17-13-7-9-19-15(13)12-5-2-1-4-11(12)10-16-20-14-6-3-8-18-14/h1-8H,9H2;1-9,16-17H,10H2. The summed E-state index contributed by atoms with van der Waals surface area (Å²) in [6.45, 7) is 1.44. The molecule has 7 rings (SSSR count). The van der Waals surface area contributed by atoms with Gasteiger partial charge in [-0.05, 0) is 90.5 Å². The third-order valence-electron chi connectivity index (χ3n) is 6.23. The van der Waals surface area contributed by atoms with Gasteiger partial charge in [-0.25, -0.2) is 4.21 Å². The van der Waals surface area contributed by atoms with Gasteiger partial charge in [-0.3, -0.25) is 9.03 Å². The van der Waals surface area contributed by atoms with E-state index in [9.17, 15) is 9.32 Å². The van der Waals surface area contributed by atoms with Crippen molar-refractivity contribution in [3.05, 3.63) is 116 Å². The highest BCUT2D eigenvalue weighted by Crippen LogP contribution is 2.47. The Bertz CT molecular complexity index is 1760. The first-order valence-electron chi connectivity index (χ1n) is 12.5. The van der Waals surface area contributed by atoms with Gasteiger partial charge in [0.05, 0.1) is 30.0 Å². The lowest BCUT2D eigenvalue weighted by molar-refractivity contribution is 0.479. The molecule has 208 valence electrons. The van der Waals surface area contributed by atoms with Gasteiger partial charge in [0.2, 0.25) is 0 Å². The normalized spacial score (nSPS) is 12.8. The number of rotatable bonds is 7. The summed E-state index contributed by atoms with van der Waals surface area (Å²) >= 11 is 11.7. The van der Waals surface area contributed by atoms with Gasteiger partial charge < -0.3 is 5.11 Å². The maximum absolute atomic E-state index is 12.9. The Kier molecular flexibility index (Phi) is 9.43. The molecule has 1 atom stereocenters. The van der Waals surface area contributed by atoms with Crippen LogP contribution in [0.3, 0.4) is 0 Å². The van der Waals surface area contributed by atoms with E-state index in [0.29, 0.717) is 12.3 Å². The first kappa shape index (κ1) is 28.9. The number of hydrogen-bond donors (Lipinski definition) is 2. The van der Waals surface area contributed by atoms with E-state index >= 15 is 0 Å². The molecule has 1 aliphatic rings. The van der Waals surface area contributed by atoms with Gasteiger partial charge in [-0.2, -0.15) is 0 Å². The third-order valence-corrected chi connectivity index (χ3v) is 13.2. The molecule has 0 fully saturated rings. The highest BCUT2D eigenvalue weighted by molar-refractivity contribution is 9.11. The lowest BCUT2D eigenvalue weighted by Crippen LogP contribution is -2.27. The fraction of sp³-hybridized carbons (Fsp3) is 0.0667. The Balaban J connectivity index is 0.000000148. The van der Waals surface area contributed by atoms with E-state index in [2.05, 4.69) is 68.5 Å². The zero-order valence-corrected chi connectivity index (χ0v) is 27.8. The fourth-order valence-corrected chi connectivity index (χ4v) is 10.6. The molecule has 0 bridgehead atoms. The summed E-state index contributed by atoms with van der Waals surface area (Å²) in [7, 11) is -1.16. The number of benzene rings is 2. The molecule has 0 amide bonds. The van der Waals surface area contributed by atoms with Crippen molar-refractivity contribution in [1.29, 1.82) is 0 Å². The predicted molar refractivity (Wildman–Crippen MR) is 183 cm³/mol. The van der Waals surface area contributed by atoms with Gasteiger partial charge in [0, 0.05) is 6.54 Å². The SMILES string of the molecule is O=S(c1cccs1)N1Cc2ccccc2-c2sc(Br)cc21.Oc1ccsc1-c1ccccc1CNSc1cccs1. The van der Waals surface area contributed by atoms with Gasteiger partial charge in [0.1, 0.15) is 9.96 Å². The van der Waals surface area contributed by atoms with E-state index in [0.717, 1.165) is 30.7 Å². The molecular formula is C30H23BrN2O2S6. The van der Waals surface area contributed by atoms with Crippen LogP contribution >= 0.6 is 73.2 Å². The first-order chi connectivity index (χ1) is 20.1. The number of fused-ring (bicyclic) bond motifs is 3. The van der Waals surface area contributed by atoms with Crippen LogP contribution in [0.1, 0.15) is 11.1 Å².